The standard InChI is InChI=1S/C17H17FN4O3/c1-24-11-14(16-7-4-8-25-16)21-17(23)20-12-9-19-22(10-12)15-6-3-2-5-13(15)18/h2-10,14H,11H2,1H3,(H2,20,21,23)/t14-/m0/s1. The Morgan fingerprint density at radius 2 is 2.20 bits per heavy atom. The van der Waals surface area contributed by atoms with Gasteiger partial charge >= 0.3 is 6.03 Å². The largest absolute Gasteiger partial charge is 0.467 e. The molecule has 2 amide bonds. The summed E-state index contributed by atoms with van der Waals surface area (Å²) >= 11 is 0. The highest BCUT2D eigenvalue weighted by Gasteiger charge is 2.17. The molecule has 0 aliphatic carbocycles. The summed E-state index contributed by atoms with van der Waals surface area (Å²) in [4.78, 5) is 12.2. The number of methoxy groups -OCH3 is 1. The van der Waals surface area contributed by atoms with Gasteiger partial charge in [-0.3, -0.25) is 0 Å². The van der Waals surface area contributed by atoms with Gasteiger partial charge in [0.2, 0.25) is 0 Å². The van der Waals surface area contributed by atoms with Crippen molar-refractivity contribution < 1.29 is 18.3 Å². The molecule has 1 atom stereocenters. The molecule has 8 heteroatoms. The molecule has 0 saturated carbocycles. The number of para-hydroxylation sites is 1. The number of rotatable bonds is 6. The minimum absolute atomic E-state index is 0.259. The zero-order valence-corrected chi connectivity index (χ0v) is 13.5. The number of carbonyl (C=O) groups is 1. The predicted octanol–water partition coefficient (Wildman–Crippen LogP) is 3.11. The molecular formula is C17H17FN4O3. The third kappa shape index (κ3) is 4.04. The summed E-state index contributed by atoms with van der Waals surface area (Å²) in [6.45, 7) is 0.259. The average molecular weight is 344 g/mol. The van der Waals surface area contributed by atoms with E-state index in [1.54, 1.807) is 30.3 Å². The van der Waals surface area contributed by atoms with Crippen LogP contribution in [0.5, 0.6) is 0 Å². The third-order valence-electron chi connectivity index (χ3n) is 3.47. The van der Waals surface area contributed by atoms with Gasteiger partial charge in [0.25, 0.3) is 0 Å². The van der Waals surface area contributed by atoms with Gasteiger partial charge in [-0.2, -0.15) is 5.10 Å². The lowest BCUT2D eigenvalue weighted by molar-refractivity contribution is 0.159. The molecule has 0 unspecified atom stereocenters. The smallest absolute Gasteiger partial charge is 0.320 e. The van der Waals surface area contributed by atoms with Gasteiger partial charge in [-0.25, -0.2) is 13.9 Å². The number of nitrogens with one attached hydrogen (secondary N) is 2. The Hall–Kier alpha value is -3.13. The average Bonchev–Trinajstić information content (AvgIpc) is 3.26. The number of aromatic nitrogens is 2. The quantitative estimate of drug-likeness (QED) is 0.720. The number of furan rings is 1. The van der Waals surface area contributed by atoms with E-state index in [0.29, 0.717) is 17.1 Å². The van der Waals surface area contributed by atoms with Gasteiger partial charge in [-0.1, -0.05) is 12.1 Å². The molecule has 0 aliphatic rings. The van der Waals surface area contributed by atoms with Gasteiger partial charge in [-0.15, -0.1) is 0 Å². The fraction of sp³-hybridized carbons (Fsp3) is 0.176. The van der Waals surface area contributed by atoms with Crippen LogP contribution in [0.15, 0.2) is 59.5 Å². The maximum Gasteiger partial charge on any atom is 0.320 e. The van der Waals surface area contributed by atoms with Crippen LogP contribution >= 0.6 is 0 Å². The van der Waals surface area contributed by atoms with E-state index in [2.05, 4.69) is 15.7 Å². The second-order valence-electron chi connectivity index (χ2n) is 5.25. The third-order valence-corrected chi connectivity index (χ3v) is 3.47. The lowest BCUT2D eigenvalue weighted by atomic mass is 10.2. The molecule has 3 aromatic rings. The Labute approximate surface area is 143 Å². The van der Waals surface area contributed by atoms with E-state index in [4.69, 9.17) is 9.15 Å². The van der Waals surface area contributed by atoms with Crippen LogP contribution in [0.2, 0.25) is 0 Å². The van der Waals surface area contributed by atoms with Gasteiger partial charge in [0.1, 0.15) is 23.3 Å². The van der Waals surface area contributed by atoms with E-state index in [1.807, 2.05) is 0 Å². The summed E-state index contributed by atoms with van der Waals surface area (Å²) in [5.41, 5.74) is 0.722. The highest BCUT2D eigenvalue weighted by Crippen LogP contribution is 2.16. The maximum absolute atomic E-state index is 13.8. The molecule has 0 aliphatic heterocycles. The fourth-order valence-electron chi connectivity index (χ4n) is 2.33. The molecule has 0 saturated heterocycles. The number of benzene rings is 1. The molecule has 2 N–H and O–H groups in total. The van der Waals surface area contributed by atoms with Crippen LogP contribution in [0, 0.1) is 5.82 Å². The summed E-state index contributed by atoms with van der Waals surface area (Å²) in [7, 11) is 1.54. The highest BCUT2D eigenvalue weighted by molar-refractivity contribution is 5.89. The Balaban J connectivity index is 1.66. The van der Waals surface area contributed by atoms with Crippen molar-refractivity contribution in [1.82, 2.24) is 15.1 Å². The first-order valence-electron chi connectivity index (χ1n) is 7.57. The van der Waals surface area contributed by atoms with Gasteiger partial charge in [-0.05, 0) is 24.3 Å². The first-order valence-corrected chi connectivity index (χ1v) is 7.57. The van der Waals surface area contributed by atoms with Crippen LogP contribution < -0.4 is 10.6 Å². The number of halogens is 1. The summed E-state index contributed by atoms with van der Waals surface area (Å²) in [5.74, 6) is 0.179. The van der Waals surface area contributed by atoms with Crippen molar-refractivity contribution in [3.8, 4) is 5.69 Å². The number of amides is 2. The molecule has 3 rings (SSSR count). The van der Waals surface area contributed by atoms with Crippen molar-refractivity contribution in [2.45, 2.75) is 6.04 Å². The van der Waals surface area contributed by atoms with E-state index < -0.39 is 17.9 Å². The van der Waals surface area contributed by atoms with E-state index >= 15 is 0 Å². The summed E-state index contributed by atoms with van der Waals surface area (Å²) in [6, 6.07) is 8.84. The van der Waals surface area contributed by atoms with Gasteiger partial charge < -0.3 is 19.8 Å². The molecule has 1 aromatic carbocycles. The number of hydrogen-bond acceptors (Lipinski definition) is 4. The molecule has 0 fully saturated rings. The molecule has 0 spiro atoms. The van der Waals surface area contributed by atoms with Crippen LogP contribution in [0.3, 0.4) is 0 Å². The molecule has 7 nitrogen and oxygen atoms in total. The molecule has 0 radical (unpaired) electrons. The number of carbonyl (C=O) groups excluding carboxylic acids is 1. The van der Waals surface area contributed by atoms with E-state index in [9.17, 15) is 9.18 Å². The lowest BCUT2D eigenvalue weighted by Crippen LogP contribution is -2.34. The van der Waals surface area contributed by atoms with E-state index in [1.165, 1.54) is 36.5 Å². The SMILES string of the molecule is COC[C@H](NC(=O)Nc1cnn(-c2ccccc2F)c1)c1ccco1. The number of nitrogens with zero attached hydrogens (tertiary/aromatic N) is 2. The van der Waals surface area contributed by atoms with Crippen LogP contribution in [-0.2, 0) is 4.74 Å². The summed E-state index contributed by atoms with van der Waals surface area (Å²) in [5, 5.41) is 9.46. The molecule has 0 bridgehead atoms. The monoisotopic (exact) mass is 344 g/mol. The van der Waals surface area contributed by atoms with Crippen molar-refractivity contribution in [2.24, 2.45) is 0 Å². The second-order valence-corrected chi connectivity index (χ2v) is 5.25. The fourth-order valence-corrected chi connectivity index (χ4v) is 2.33. The minimum atomic E-state index is -0.452. The number of hydrogen-bond donors (Lipinski definition) is 2. The predicted molar refractivity (Wildman–Crippen MR) is 89.0 cm³/mol. The zero-order valence-electron chi connectivity index (χ0n) is 13.5. The van der Waals surface area contributed by atoms with Crippen molar-refractivity contribution in [3.05, 3.63) is 66.6 Å². The minimum Gasteiger partial charge on any atom is -0.467 e. The van der Waals surface area contributed by atoms with Crippen LogP contribution in [0.25, 0.3) is 5.69 Å². The number of ether oxygens (including phenoxy) is 1. The summed E-state index contributed by atoms with van der Waals surface area (Å²) < 4.78 is 25.5. The molecule has 2 heterocycles. The van der Waals surface area contributed by atoms with E-state index in [-0.39, 0.29) is 6.61 Å². The molecule has 130 valence electrons. The van der Waals surface area contributed by atoms with Crippen molar-refractivity contribution in [2.75, 3.05) is 19.0 Å². The zero-order chi connectivity index (χ0) is 17.6. The maximum atomic E-state index is 13.8. The van der Waals surface area contributed by atoms with Crippen LogP contribution in [0.1, 0.15) is 11.8 Å². The van der Waals surface area contributed by atoms with Crippen molar-refractivity contribution in [1.29, 1.82) is 0 Å². The lowest BCUT2D eigenvalue weighted by Gasteiger charge is -2.15. The van der Waals surface area contributed by atoms with Gasteiger partial charge in [0.05, 0.1) is 31.0 Å². The van der Waals surface area contributed by atoms with Gasteiger partial charge in [0.15, 0.2) is 0 Å². The first kappa shape index (κ1) is 16.7. The normalized spacial score (nSPS) is 11.9. The Kier molecular flexibility index (Phi) is 5.10. The second kappa shape index (κ2) is 7.63. The van der Waals surface area contributed by atoms with Crippen LogP contribution in [0.4, 0.5) is 14.9 Å². The molecular weight excluding hydrogens is 327 g/mol. The Bertz CT molecular complexity index is 832. The summed E-state index contributed by atoms with van der Waals surface area (Å²) in [6.07, 6.45) is 4.48. The Morgan fingerprint density at radius 3 is 2.92 bits per heavy atom. The van der Waals surface area contributed by atoms with Crippen molar-refractivity contribution in [3.63, 3.8) is 0 Å². The Morgan fingerprint density at radius 1 is 1.36 bits per heavy atom. The van der Waals surface area contributed by atoms with Gasteiger partial charge in [0, 0.05) is 7.11 Å². The highest BCUT2D eigenvalue weighted by atomic mass is 19.1. The first-order chi connectivity index (χ1) is 12.2. The van der Waals surface area contributed by atoms with E-state index in [0.717, 1.165) is 0 Å². The number of urea groups is 1. The van der Waals surface area contributed by atoms with Crippen LogP contribution in [-0.4, -0.2) is 29.5 Å². The number of anilines is 1. The molecule has 25 heavy (non-hydrogen) atoms. The van der Waals surface area contributed by atoms with Crippen molar-refractivity contribution >= 4 is 11.7 Å². The topological polar surface area (TPSA) is 81.3 Å². The molecule has 2 aromatic heterocycles.